The van der Waals surface area contributed by atoms with Crippen molar-refractivity contribution in [1.82, 2.24) is 0 Å². The van der Waals surface area contributed by atoms with Gasteiger partial charge in [-0.2, -0.15) is 0 Å². The molecule has 7 unspecified atom stereocenters. The summed E-state index contributed by atoms with van der Waals surface area (Å²) in [6, 6.07) is 0. The summed E-state index contributed by atoms with van der Waals surface area (Å²) in [5.74, 6) is -2.39. The van der Waals surface area contributed by atoms with Gasteiger partial charge in [-0.15, -0.1) is 0 Å². The molecule has 0 bridgehead atoms. The van der Waals surface area contributed by atoms with E-state index in [2.05, 4.69) is 0 Å². The number of carbonyl (C=O) groups excluding carboxylic acids is 2. The fraction of sp³-hybridized carbons (Fsp3) is 0.862. The first-order valence-corrected chi connectivity index (χ1v) is 14.1. The molecule has 6 N–H and O–H groups in total. The Kier molecular flexibility index (Phi) is 6.36. The van der Waals surface area contributed by atoms with Crippen LogP contribution in [0.2, 0.25) is 0 Å². The first-order valence-electron chi connectivity index (χ1n) is 14.1. The Morgan fingerprint density at radius 3 is 2.26 bits per heavy atom. The minimum absolute atomic E-state index is 0.0314. The average Bonchev–Trinajstić information content (AvgIpc) is 3.24. The van der Waals surface area contributed by atoms with Gasteiger partial charge in [0.15, 0.2) is 5.78 Å². The van der Waals surface area contributed by atoms with E-state index >= 15 is 0 Å². The molecule has 214 valence electrons. The Morgan fingerprint density at radius 1 is 1.03 bits per heavy atom. The number of fused-ring (bicyclic) bond motifs is 5. The lowest BCUT2D eigenvalue weighted by atomic mass is 9.44. The van der Waals surface area contributed by atoms with Crippen LogP contribution >= 0.6 is 0 Å². The van der Waals surface area contributed by atoms with Crippen LogP contribution in [0.3, 0.4) is 0 Å². The average molecular weight is 537 g/mol. The summed E-state index contributed by atoms with van der Waals surface area (Å²) in [6.45, 7) is 8.83. The molecule has 0 aromatic heterocycles. The SMILES string of the molecule is CC1OC(=O)C(C)C1CC(O)C(C)(O)[C@H]1CCC2(O)C3=CC(=O)[C@]4(O)C[C@@H](O)[C@@H](O)C[C@]4(C)C3CC[C@]12C. The third-order valence-electron chi connectivity index (χ3n) is 12.1. The highest BCUT2D eigenvalue weighted by molar-refractivity contribution is 6.00. The van der Waals surface area contributed by atoms with Crippen molar-refractivity contribution in [1.29, 1.82) is 0 Å². The van der Waals surface area contributed by atoms with E-state index in [0.29, 0.717) is 24.8 Å². The largest absolute Gasteiger partial charge is 0.462 e. The molecule has 9 heteroatoms. The molecule has 0 radical (unpaired) electrons. The Hall–Kier alpha value is -1.36. The van der Waals surface area contributed by atoms with Gasteiger partial charge in [0.2, 0.25) is 0 Å². The third kappa shape index (κ3) is 3.45. The van der Waals surface area contributed by atoms with Gasteiger partial charge in [0.05, 0.1) is 35.4 Å². The molecule has 9 nitrogen and oxygen atoms in total. The summed E-state index contributed by atoms with van der Waals surface area (Å²) < 4.78 is 5.33. The number of ketones is 1. The second-order valence-electron chi connectivity index (χ2n) is 13.8. The van der Waals surface area contributed by atoms with Crippen molar-refractivity contribution < 1.29 is 45.0 Å². The maximum Gasteiger partial charge on any atom is 0.309 e. The van der Waals surface area contributed by atoms with Gasteiger partial charge in [-0.3, -0.25) is 9.59 Å². The molecular formula is C29H44O9. The van der Waals surface area contributed by atoms with Crippen LogP contribution < -0.4 is 0 Å². The lowest BCUT2D eigenvalue weighted by Crippen LogP contribution is -2.69. The number of ether oxygens (including phenoxy) is 1. The highest BCUT2D eigenvalue weighted by Crippen LogP contribution is 2.69. The van der Waals surface area contributed by atoms with Gasteiger partial charge >= 0.3 is 5.97 Å². The van der Waals surface area contributed by atoms with Crippen LogP contribution in [0.25, 0.3) is 0 Å². The topological polar surface area (TPSA) is 165 Å². The van der Waals surface area contributed by atoms with E-state index < -0.39 is 57.6 Å². The molecule has 0 aromatic rings. The maximum absolute atomic E-state index is 13.4. The highest BCUT2D eigenvalue weighted by atomic mass is 16.6. The third-order valence-corrected chi connectivity index (χ3v) is 12.1. The molecule has 4 aliphatic carbocycles. The molecule has 0 amide bonds. The lowest BCUT2D eigenvalue weighted by molar-refractivity contribution is -0.211. The van der Waals surface area contributed by atoms with E-state index in [1.54, 1.807) is 27.7 Å². The Bertz CT molecular complexity index is 1050. The summed E-state index contributed by atoms with van der Waals surface area (Å²) in [5, 5.41) is 67.8. The van der Waals surface area contributed by atoms with Crippen molar-refractivity contribution in [2.45, 2.75) is 121 Å². The van der Waals surface area contributed by atoms with E-state index in [1.807, 2.05) is 6.92 Å². The van der Waals surface area contributed by atoms with E-state index in [-0.39, 0.29) is 55.5 Å². The fourth-order valence-corrected chi connectivity index (χ4v) is 9.38. The first kappa shape index (κ1) is 28.2. The number of hydrogen-bond acceptors (Lipinski definition) is 9. The second kappa shape index (κ2) is 8.57. The monoisotopic (exact) mass is 536 g/mol. The van der Waals surface area contributed by atoms with Crippen LogP contribution in [0, 0.1) is 34.5 Å². The van der Waals surface area contributed by atoms with Crippen LogP contribution in [-0.2, 0) is 14.3 Å². The smallest absolute Gasteiger partial charge is 0.309 e. The molecule has 3 saturated carbocycles. The molecular weight excluding hydrogens is 492 g/mol. The number of aliphatic hydroxyl groups excluding tert-OH is 3. The minimum atomic E-state index is -1.84. The van der Waals surface area contributed by atoms with Gasteiger partial charge in [0.1, 0.15) is 11.7 Å². The second-order valence-corrected chi connectivity index (χ2v) is 13.8. The molecule has 0 aromatic carbocycles. The molecule has 4 fully saturated rings. The molecule has 1 heterocycles. The van der Waals surface area contributed by atoms with Gasteiger partial charge in [0, 0.05) is 23.2 Å². The summed E-state index contributed by atoms with van der Waals surface area (Å²) >= 11 is 0. The molecule has 5 aliphatic rings. The zero-order valence-electron chi connectivity index (χ0n) is 23.1. The van der Waals surface area contributed by atoms with Crippen molar-refractivity contribution in [2.75, 3.05) is 0 Å². The van der Waals surface area contributed by atoms with Crippen LogP contribution in [0.15, 0.2) is 11.6 Å². The van der Waals surface area contributed by atoms with Crippen molar-refractivity contribution in [2.24, 2.45) is 34.5 Å². The van der Waals surface area contributed by atoms with E-state index in [4.69, 9.17) is 4.74 Å². The van der Waals surface area contributed by atoms with E-state index in [0.717, 1.165) is 0 Å². The van der Waals surface area contributed by atoms with Crippen LogP contribution in [0.4, 0.5) is 0 Å². The Balaban J connectivity index is 1.47. The molecule has 0 spiro atoms. The fourth-order valence-electron chi connectivity index (χ4n) is 9.38. The maximum atomic E-state index is 13.4. The Morgan fingerprint density at radius 2 is 1.66 bits per heavy atom. The molecule has 38 heavy (non-hydrogen) atoms. The first-order chi connectivity index (χ1) is 17.4. The Labute approximate surface area is 223 Å². The van der Waals surface area contributed by atoms with Gasteiger partial charge in [-0.25, -0.2) is 0 Å². The quantitative estimate of drug-likeness (QED) is 0.288. The number of aliphatic hydroxyl groups is 6. The molecule has 1 aliphatic heterocycles. The van der Waals surface area contributed by atoms with Crippen LogP contribution in [-0.4, -0.2) is 83.6 Å². The predicted molar refractivity (Wildman–Crippen MR) is 135 cm³/mol. The van der Waals surface area contributed by atoms with E-state index in [1.165, 1.54) is 6.08 Å². The van der Waals surface area contributed by atoms with Gasteiger partial charge in [-0.05, 0) is 75.9 Å². The lowest BCUT2D eigenvalue weighted by Gasteiger charge is -2.62. The number of carbonyl (C=O) groups is 2. The van der Waals surface area contributed by atoms with E-state index in [9.17, 15) is 40.2 Å². The standard InChI is InChI=1S/C29H44O9/c1-14-16(15(2)38-24(14)34)10-22(32)27(5,35)21-7-9-28(36)18-11-23(33)29(37)13-20(31)19(30)12-26(29,4)17(18)6-8-25(21,28)3/h11,14-17,19-22,30-32,35-37H,6-10,12-13H2,1-5H3/t14?,15?,16?,17?,19-,20+,21-,22?,25+,26+,27?,28?,29+/m0/s1. The molecule has 5 rings (SSSR count). The van der Waals surface area contributed by atoms with Crippen LogP contribution in [0.1, 0.15) is 79.6 Å². The van der Waals surface area contributed by atoms with Crippen molar-refractivity contribution in [3.8, 4) is 0 Å². The summed E-state index contributed by atoms with van der Waals surface area (Å²) in [6.07, 6.45) is -0.805. The number of cyclic esters (lactones) is 1. The molecule has 13 atom stereocenters. The predicted octanol–water partition coefficient (Wildman–Crippen LogP) is 1.01. The van der Waals surface area contributed by atoms with Gasteiger partial charge in [-0.1, -0.05) is 20.8 Å². The summed E-state index contributed by atoms with van der Waals surface area (Å²) in [4.78, 5) is 25.4. The highest BCUT2D eigenvalue weighted by Gasteiger charge is 2.72. The van der Waals surface area contributed by atoms with Crippen molar-refractivity contribution in [3.63, 3.8) is 0 Å². The summed E-state index contributed by atoms with van der Waals surface area (Å²) in [7, 11) is 0. The molecule has 1 saturated heterocycles. The zero-order valence-corrected chi connectivity index (χ0v) is 23.1. The number of rotatable bonds is 4. The van der Waals surface area contributed by atoms with Gasteiger partial charge in [0.25, 0.3) is 0 Å². The van der Waals surface area contributed by atoms with Crippen LogP contribution in [0.5, 0.6) is 0 Å². The van der Waals surface area contributed by atoms with Crippen molar-refractivity contribution >= 4 is 11.8 Å². The zero-order chi connectivity index (χ0) is 28.2. The van der Waals surface area contributed by atoms with Crippen molar-refractivity contribution in [3.05, 3.63) is 11.6 Å². The normalized spacial score (nSPS) is 52.8. The number of esters is 1. The minimum Gasteiger partial charge on any atom is -0.462 e. The van der Waals surface area contributed by atoms with Gasteiger partial charge < -0.3 is 35.4 Å². The number of hydrogen-bond donors (Lipinski definition) is 6. The summed E-state index contributed by atoms with van der Waals surface area (Å²) in [5.41, 5.74) is -6.26.